The van der Waals surface area contributed by atoms with Crippen LogP contribution < -0.4 is 0 Å². The van der Waals surface area contributed by atoms with Crippen LogP contribution >= 0.6 is 0 Å². The predicted molar refractivity (Wildman–Crippen MR) is 83.8 cm³/mol. The van der Waals surface area contributed by atoms with Crippen molar-refractivity contribution in [2.45, 2.75) is 33.1 Å². The fraction of sp³-hybridized carbons (Fsp3) is 0.294. The normalized spacial score (nSPS) is 12.0. The van der Waals surface area contributed by atoms with E-state index in [-0.39, 0.29) is 16.9 Å². The van der Waals surface area contributed by atoms with Crippen LogP contribution in [0.1, 0.15) is 31.9 Å². The number of aryl methyl sites for hydroxylation is 1. The molecule has 0 saturated carbocycles. The molecule has 4 nitrogen and oxygen atoms in total. The number of azo groups is 1. The van der Waals surface area contributed by atoms with Crippen LogP contribution in [0.4, 0.5) is 11.4 Å². The molecule has 0 aliphatic rings. The van der Waals surface area contributed by atoms with Gasteiger partial charge in [0.25, 0.3) is 0 Å². The average molecular weight is 284 g/mol. The highest BCUT2D eigenvalue weighted by molar-refractivity contribution is 5.50. The SMILES string of the molecule is Cc1cc(/N=N/c2ccc(O)c(C(C)(C)C)c2)ccc1O. The van der Waals surface area contributed by atoms with Gasteiger partial charge in [0.15, 0.2) is 0 Å². The molecule has 0 fully saturated rings. The van der Waals surface area contributed by atoms with Gasteiger partial charge in [0.1, 0.15) is 11.5 Å². The summed E-state index contributed by atoms with van der Waals surface area (Å²) in [6.45, 7) is 7.91. The third kappa shape index (κ3) is 3.60. The Bertz CT molecular complexity index is 686. The van der Waals surface area contributed by atoms with E-state index in [9.17, 15) is 10.2 Å². The van der Waals surface area contributed by atoms with Crippen LogP contribution in [0.5, 0.6) is 11.5 Å². The molecule has 2 aromatic carbocycles. The first-order chi connectivity index (χ1) is 9.77. The average Bonchev–Trinajstić information content (AvgIpc) is 2.40. The van der Waals surface area contributed by atoms with Crippen LogP contribution in [0.3, 0.4) is 0 Å². The maximum atomic E-state index is 9.92. The zero-order chi connectivity index (χ0) is 15.6. The molecule has 0 radical (unpaired) electrons. The molecule has 2 aromatic rings. The molecule has 0 heterocycles. The van der Waals surface area contributed by atoms with E-state index in [1.807, 2.05) is 33.8 Å². The van der Waals surface area contributed by atoms with Crippen molar-refractivity contribution in [2.75, 3.05) is 0 Å². The molecular formula is C17H20N2O2. The zero-order valence-electron chi connectivity index (χ0n) is 12.8. The zero-order valence-corrected chi connectivity index (χ0v) is 12.8. The lowest BCUT2D eigenvalue weighted by Gasteiger charge is -2.20. The molecule has 0 aliphatic heterocycles. The van der Waals surface area contributed by atoms with Gasteiger partial charge in [0, 0.05) is 5.56 Å². The van der Waals surface area contributed by atoms with Gasteiger partial charge >= 0.3 is 0 Å². The first kappa shape index (κ1) is 15.0. The number of phenols is 2. The molecule has 110 valence electrons. The lowest BCUT2D eigenvalue weighted by Crippen LogP contribution is -2.10. The van der Waals surface area contributed by atoms with Crippen LogP contribution in [0.2, 0.25) is 0 Å². The summed E-state index contributed by atoms with van der Waals surface area (Å²) in [7, 11) is 0. The number of benzene rings is 2. The summed E-state index contributed by atoms with van der Waals surface area (Å²) in [5.74, 6) is 0.510. The van der Waals surface area contributed by atoms with Gasteiger partial charge in [-0.15, -0.1) is 0 Å². The molecule has 2 rings (SSSR count). The summed E-state index contributed by atoms with van der Waals surface area (Å²) in [4.78, 5) is 0. The Kier molecular flexibility index (Phi) is 3.98. The lowest BCUT2D eigenvalue weighted by molar-refractivity contribution is 0.447. The minimum Gasteiger partial charge on any atom is -0.508 e. The summed E-state index contributed by atoms with van der Waals surface area (Å²) < 4.78 is 0. The number of aromatic hydroxyl groups is 2. The van der Waals surface area contributed by atoms with Gasteiger partial charge in [-0.2, -0.15) is 10.2 Å². The maximum Gasteiger partial charge on any atom is 0.119 e. The second-order valence-electron chi connectivity index (χ2n) is 6.12. The predicted octanol–water partition coefficient (Wildman–Crippen LogP) is 5.12. The Morgan fingerprint density at radius 2 is 1.33 bits per heavy atom. The highest BCUT2D eigenvalue weighted by atomic mass is 16.3. The highest BCUT2D eigenvalue weighted by Crippen LogP contribution is 2.34. The van der Waals surface area contributed by atoms with Gasteiger partial charge in [-0.1, -0.05) is 20.8 Å². The lowest BCUT2D eigenvalue weighted by atomic mass is 9.86. The fourth-order valence-corrected chi connectivity index (χ4v) is 2.00. The van der Waals surface area contributed by atoms with E-state index in [2.05, 4.69) is 10.2 Å². The molecule has 0 unspecified atom stereocenters. The summed E-state index contributed by atoms with van der Waals surface area (Å²) in [5, 5.41) is 27.8. The van der Waals surface area contributed by atoms with Crippen molar-refractivity contribution in [3.8, 4) is 11.5 Å². The number of hydrogen-bond donors (Lipinski definition) is 2. The summed E-state index contributed by atoms with van der Waals surface area (Å²) in [5.41, 5.74) is 2.79. The van der Waals surface area contributed by atoms with Crippen LogP contribution in [0, 0.1) is 6.92 Å². The minimum atomic E-state index is -0.162. The summed E-state index contributed by atoms with van der Waals surface area (Å²) in [6.07, 6.45) is 0. The molecule has 0 bridgehead atoms. The number of rotatable bonds is 2. The smallest absolute Gasteiger partial charge is 0.119 e. The van der Waals surface area contributed by atoms with E-state index >= 15 is 0 Å². The largest absolute Gasteiger partial charge is 0.508 e. The fourth-order valence-electron chi connectivity index (χ4n) is 2.00. The first-order valence-electron chi connectivity index (χ1n) is 6.82. The Labute approximate surface area is 124 Å². The Balaban J connectivity index is 2.31. The van der Waals surface area contributed by atoms with Gasteiger partial charge in [0.2, 0.25) is 0 Å². The van der Waals surface area contributed by atoms with Gasteiger partial charge in [0.05, 0.1) is 11.4 Å². The maximum absolute atomic E-state index is 9.92. The molecule has 4 heteroatoms. The molecule has 0 saturated heterocycles. The van der Waals surface area contributed by atoms with E-state index in [1.165, 1.54) is 0 Å². The second kappa shape index (κ2) is 5.56. The summed E-state index contributed by atoms with van der Waals surface area (Å²) in [6, 6.07) is 10.3. The Hall–Kier alpha value is -2.36. The molecule has 0 aliphatic carbocycles. The first-order valence-corrected chi connectivity index (χ1v) is 6.82. The van der Waals surface area contributed by atoms with Crippen LogP contribution in [-0.2, 0) is 5.41 Å². The molecule has 0 aromatic heterocycles. The van der Waals surface area contributed by atoms with E-state index in [0.29, 0.717) is 11.4 Å². The minimum absolute atomic E-state index is 0.162. The van der Waals surface area contributed by atoms with E-state index in [1.54, 1.807) is 30.3 Å². The molecule has 0 spiro atoms. The number of phenolic OH excluding ortho intramolecular Hbond substituents is 2. The van der Waals surface area contributed by atoms with Crippen LogP contribution in [0.15, 0.2) is 46.6 Å². The highest BCUT2D eigenvalue weighted by Gasteiger charge is 2.18. The van der Waals surface area contributed by atoms with Crippen molar-refractivity contribution in [2.24, 2.45) is 10.2 Å². The molecule has 2 N–H and O–H groups in total. The monoisotopic (exact) mass is 284 g/mol. The van der Waals surface area contributed by atoms with E-state index in [0.717, 1.165) is 11.1 Å². The van der Waals surface area contributed by atoms with Crippen molar-refractivity contribution in [1.29, 1.82) is 0 Å². The van der Waals surface area contributed by atoms with Gasteiger partial charge in [-0.3, -0.25) is 0 Å². The van der Waals surface area contributed by atoms with Crippen LogP contribution in [-0.4, -0.2) is 10.2 Å². The van der Waals surface area contributed by atoms with Crippen molar-refractivity contribution in [1.82, 2.24) is 0 Å². The molecule has 21 heavy (non-hydrogen) atoms. The third-order valence-corrected chi connectivity index (χ3v) is 3.25. The topological polar surface area (TPSA) is 65.2 Å². The van der Waals surface area contributed by atoms with E-state index < -0.39 is 0 Å². The Morgan fingerprint density at radius 1 is 0.810 bits per heavy atom. The van der Waals surface area contributed by atoms with Crippen molar-refractivity contribution in [3.63, 3.8) is 0 Å². The third-order valence-electron chi connectivity index (χ3n) is 3.25. The van der Waals surface area contributed by atoms with Crippen molar-refractivity contribution >= 4 is 11.4 Å². The second-order valence-corrected chi connectivity index (χ2v) is 6.12. The van der Waals surface area contributed by atoms with Gasteiger partial charge in [-0.25, -0.2) is 0 Å². The van der Waals surface area contributed by atoms with Crippen LogP contribution in [0.25, 0.3) is 0 Å². The molecular weight excluding hydrogens is 264 g/mol. The van der Waals surface area contributed by atoms with Gasteiger partial charge in [-0.05, 0) is 54.3 Å². The Morgan fingerprint density at radius 3 is 1.86 bits per heavy atom. The van der Waals surface area contributed by atoms with Gasteiger partial charge < -0.3 is 10.2 Å². The van der Waals surface area contributed by atoms with Crippen molar-refractivity contribution in [3.05, 3.63) is 47.5 Å². The quantitative estimate of drug-likeness (QED) is 0.752. The van der Waals surface area contributed by atoms with Crippen molar-refractivity contribution < 1.29 is 10.2 Å². The molecule has 0 amide bonds. The number of nitrogens with zero attached hydrogens (tertiary/aromatic N) is 2. The number of hydrogen-bond acceptors (Lipinski definition) is 4. The standard InChI is InChI=1S/C17H20N2O2/c1-11-9-12(5-7-15(11)20)18-19-13-6-8-16(21)14(10-13)17(2,3)4/h5-10,20-21H,1-4H3/b19-18+. The molecule has 0 atom stereocenters. The van der Waals surface area contributed by atoms with E-state index in [4.69, 9.17) is 0 Å². The summed E-state index contributed by atoms with van der Waals surface area (Å²) >= 11 is 0.